The van der Waals surface area contributed by atoms with E-state index < -0.39 is 0 Å². The number of methoxy groups -OCH3 is 1. The maximum absolute atomic E-state index is 12.1. The Kier molecular flexibility index (Phi) is 6.86. The lowest BCUT2D eigenvalue weighted by molar-refractivity contribution is 0.0955. The van der Waals surface area contributed by atoms with Gasteiger partial charge in [-0.2, -0.15) is 5.10 Å². The van der Waals surface area contributed by atoms with Gasteiger partial charge in [-0.05, 0) is 67.8 Å². The maximum atomic E-state index is 12.1. The molecule has 0 bridgehead atoms. The van der Waals surface area contributed by atoms with Crippen molar-refractivity contribution in [3.8, 4) is 11.5 Å². The topological polar surface area (TPSA) is 59.9 Å². The Morgan fingerprint density at radius 1 is 0.933 bits per heavy atom. The minimum atomic E-state index is -0.258. The quantitative estimate of drug-likeness (QED) is 0.449. The average molecular weight is 402 g/mol. The van der Waals surface area contributed by atoms with Crippen LogP contribution in [0.3, 0.4) is 0 Å². The number of rotatable bonds is 7. The van der Waals surface area contributed by atoms with E-state index in [1.165, 1.54) is 11.1 Å². The molecule has 0 spiro atoms. The smallest absolute Gasteiger partial charge is 0.271 e. The standard InChI is InChI=1S/C25H26N2O3/c1-17-6-10-21(11-7-17)25(28)27-26-15-20-9-12-23(24(14-20)29-4)30-16-22-13-18(2)5-8-19(22)3/h5-15H,16H2,1-4H3,(H,27,28)/b26-15-. The van der Waals surface area contributed by atoms with E-state index >= 15 is 0 Å². The second kappa shape index (κ2) is 9.74. The summed E-state index contributed by atoms with van der Waals surface area (Å²) >= 11 is 0. The van der Waals surface area contributed by atoms with Crippen molar-refractivity contribution in [3.63, 3.8) is 0 Å². The Morgan fingerprint density at radius 3 is 2.40 bits per heavy atom. The van der Waals surface area contributed by atoms with Gasteiger partial charge in [0.25, 0.3) is 5.91 Å². The fourth-order valence-electron chi connectivity index (χ4n) is 2.93. The zero-order valence-electron chi connectivity index (χ0n) is 17.7. The van der Waals surface area contributed by atoms with Crippen LogP contribution < -0.4 is 14.9 Å². The average Bonchev–Trinajstić information content (AvgIpc) is 2.75. The van der Waals surface area contributed by atoms with Crippen molar-refractivity contribution in [1.82, 2.24) is 5.43 Å². The van der Waals surface area contributed by atoms with Crippen LogP contribution in [0.5, 0.6) is 11.5 Å². The number of nitrogens with one attached hydrogen (secondary N) is 1. The summed E-state index contributed by atoms with van der Waals surface area (Å²) in [7, 11) is 1.60. The number of hydrazone groups is 1. The number of hydrogen-bond acceptors (Lipinski definition) is 4. The maximum Gasteiger partial charge on any atom is 0.271 e. The van der Waals surface area contributed by atoms with Gasteiger partial charge in [-0.1, -0.05) is 41.5 Å². The van der Waals surface area contributed by atoms with Gasteiger partial charge in [-0.15, -0.1) is 0 Å². The van der Waals surface area contributed by atoms with E-state index in [9.17, 15) is 4.79 Å². The van der Waals surface area contributed by atoms with Gasteiger partial charge < -0.3 is 9.47 Å². The second-order valence-corrected chi connectivity index (χ2v) is 7.19. The van der Waals surface area contributed by atoms with Crippen molar-refractivity contribution in [3.05, 3.63) is 94.0 Å². The molecule has 3 aromatic carbocycles. The second-order valence-electron chi connectivity index (χ2n) is 7.19. The van der Waals surface area contributed by atoms with E-state index in [4.69, 9.17) is 9.47 Å². The van der Waals surface area contributed by atoms with Gasteiger partial charge in [-0.25, -0.2) is 5.43 Å². The minimum absolute atomic E-state index is 0.258. The number of ether oxygens (including phenoxy) is 2. The van der Waals surface area contributed by atoms with Crippen LogP contribution in [0.2, 0.25) is 0 Å². The van der Waals surface area contributed by atoms with Crippen molar-refractivity contribution in [2.24, 2.45) is 5.10 Å². The van der Waals surface area contributed by atoms with Crippen LogP contribution in [0.25, 0.3) is 0 Å². The van der Waals surface area contributed by atoms with Gasteiger partial charge >= 0.3 is 0 Å². The third kappa shape index (κ3) is 5.47. The zero-order valence-corrected chi connectivity index (χ0v) is 17.7. The van der Waals surface area contributed by atoms with E-state index in [2.05, 4.69) is 42.6 Å². The molecule has 0 aromatic heterocycles. The minimum Gasteiger partial charge on any atom is -0.493 e. The molecule has 0 atom stereocenters. The molecule has 0 heterocycles. The molecule has 1 N–H and O–H groups in total. The first kappa shape index (κ1) is 21.1. The third-order valence-electron chi connectivity index (χ3n) is 4.77. The van der Waals surface area contributed by atoms with E-state index in [0.717, 1.165) is 16.7 Å². The molecule has 0 fully saturated rings. The Morgan fingerprint density at radius 2 is 1.67 bits per heavy atom. The highest BCUT2D eigenvalue weighted by Gasteiger charge is 2.08. The monoisotopic (exact) mass is 402 g/mol. The molecule has 30 heavy (non-hydrogen) atoms. The van der Waals surface area contributed by atoms with Crippen LogP contribution in [0.15, 0.2) is 65.8 Å². The predicted molar refractivity (Wildman–Crippen MR) is 119 cm³/mol. The number of hydrogen-bond donors (Lipinski definition) is 1. The van der Waals surface area contributed by atoms with E-state index in [0.29, 0.717) is 23.7 Å². The summed E-state index contributed by atoms with van der Waals surface area (Å²) in [4.78, 5) is 12.1. The Hall–Kier alpha value is -3.60. The Balaban J connectivity index is 1.64. The summed E-state index contributed by atoms with van der Waals surface area (Å²) in [6.45, 7) is 6.57. The van der Waals surface area contributed by atoms with Gasteiger partial charge in [0.2, 0.25) is 0 Å². The van der Waals surface area contributed by atoms with Crippen molar-refractivity contribution in [2.45, 2.75) is 27.4 Å². The van der Waals surface area contributed by atoms with Crippen molar-refractivity contribution >= 4 is 12.1 Å². The van der Waals surface area contributed by atoms with Crippen molar-refractivity contribution in [1.29, 1.82) is 0 Å². The normalized spacial score (nSPS) is 10.8. The lowest BCUT2D eigenvalue weighted by atomic mass is 10.1. The fourth-order valence-corrected chi connectivity index (χ4v) is 2.93. The van der Waals surface area contributed by atoms with Gasteiger partial charge in [0.15, 0.2) is 11.5 Å². The fraction of sp³-hybridized carbons (Fsp3) is 0.200. The predicted octanol–water partition coefficient (Wildman–Crippen LogP) is 4.96. The highest BCUT2D eigenvalue weighted by molar-refractivity contribution is 5.94. The SMILES string of the molecule is COc1cc(/C=N\NC(=O)c2ccc(C)cc2)ccc1OCc1cc(C)ccc1C. The highest BCUT2D eigenvalue weighted by Crippen LogP contribution is 2.28. The molecule has 5 heteroatoms. The first-order valence-electron chi connectivity index (χ1n) is 9.73. The Labute approximate surface area is 177 Å². The number of nitrogens with zero attached hydrogens (tertiary/aromatic N) is 1. The lowest BCUT2D eigenvalue weighted by Crippen LogP contribution is -2.17. The van der Waals surface area contributed by atoms with Crippen LogP contribution in [0, 0.1) is 20.8 Å². The van der Waals surface area contributed by atoms with Crippen LogP contribution >= 0.6 is 0 Å². The van der Waals surface area contributed by atoms with E-state index in [1.54, 1.807) is 25.5 Å². The molecular weight excluding hydrogens is 376 g/mol. The number of aryl methyl sites for hydroxylation is 3. The van der Waals surface area contributed by atoms with Gasteiger partial charge in [0.1, 0.15) is 6.61 Å². The van der Waals surface area contributed by atoms with Crippen LogP contribution in [0.1, 0.15) is 38.2 Å². The molecule has 0 radical (unpaired) electrons. The molecule has 3 aromatic rings. The molecule has 0 saturated heterocycles. The molecule has 0 aliphatic carbocycles. The third-order valence-corrected chi connectivity index (χ3v) is 4.77. The summed E-state index contributed by atoms with van der Waals surface area (Å²) in [6.07, 6.45) is 1.57. The first-order valence-corrected chi connectivity index (χ1v) is 9.73. The van der Waals surface area contributed by atoms with Crippen LogP contribution in [0.4, 0.5) is 0 Å². The molecular formula is C25H26N2O3. The van der Waals surface area contributed by atoms with E-state index in [1.807, 2.05) is 37.3 Å². The molecule has 0 unspecified atom stereocenters. The first-order chi connectivity index (χ1) is 14.5. The number of carbonyl (C=O) groups is 1. The molecule has 1 amide bonds. The molecule has 5 nitrogen and oxygen atoms in total. The van der Waals surface area contributed by atoms with Gasteiger partial charge in [0, 0.05) is 5.56 Å². The van der Waals surface area contributed by atoms with E-state index in [-0.39, 0.29) is 5.91 Å². The molecule has 3 rings (SSSR count). The zero-order chi connectivity index (χ0) is 21.5. The number of amides is 1. The summed E-state index contributed by atoms with van der Waals surface area (Å²) in [5.74, 6) is 1.00. The summed E-state index contributed by atoms with van der Waals surface area (Å²) in [5.41, 5.74) is 8.51. The Bertz CT molecular complexity index is 1060. The van der Waals surface area contributed by atoms with Crippen molar-refractivity contribution in [2.75, 3.05) is 7.11 Å². The lowest BCUT2D eigenvalue weighted by Gasteiger charge is -2.13. The molecule has 154 valence electrons. The largest absolute Gasteiger partial charge is 0.493 e. The molecule has 0 aliphatic heterocycles. The van der Waals surface area contributed by atoms with Gasteiger partial charge in [0.05, 0.1) is 13.3 Å². The number of benzene rings is 3. The highest BCUT2D eigenvalue weighted by atomic mass is 16.5. The number of carbonyl (C=O) groups excluding carboxylic acids is 1. The molecule has 0 aliphatic rings. The van der Waals surface area contributed by atoms with Crippen LogP contribution in [-0.4, -0.2) is 19.2 Å². The summed E-state index contributed by atoms with van der Waals surface area (Å²) < 4.78 is 11.4. The van der Waals surface area contributed by atoms with Gasteiger partial charge in [-0.3, -0.25) is 4.79 Å². The van der Waals surface area contributed by atoms with Crippen molar-refractivity contribution < 1.29 is 14.3 Å². The van der Waals surface area contributed by atoms with Crippen LogP contribution in [-0.2, 0) is 6.61 Å². The summed E-state index contributed by atoms with van der Waals surface area (Å²) in [6, 6.07) is 19.1. The molecule has 0 saturated carbocycles. The summed E-state index contributed by atoms with van der Waals surface area (Å²) in [5, 5.41) is 4.04.